The highest BCUT2D eigenvalue weighted by molar-refractivity contribution is 9.10. The lowest BCUT2D eigenvalue weighted by atomic mass is 10.1. The third kappa shape index (κ3) is 3.81. The van der Waals surface area contributed by atoms with E-state index in [9.17, 15) is 4.79 Å². The van der Waals surface area contributed by atoms with Crippen molar-refractivity contribution in [3.8, 4) is 0 Å². The third-order valence-corrected chi connectivity index (χ3v) is 4.35. The minimum absolute atomic E-state index is 0.250. The summed E-state index contributed by atoms with van der Waals surface area (Å²) < 4.78 is 0.873. The van der Waals surface area contributed by atoms with Gasteiger partial charge in [-0.15, -0.1) is 0 Å². The Kier molecular flexibility index (Phi) is 4.98. The van der Waals surface area contributed by atoms with Crippen molar-refractivity contribution >= 4 is 56.3 Å². The second kappa shape index (κ2) is 6.56. The van der Waals surface area contributed by atoms with Gasteiger partial charge in [0, 0.05) is 15.6 Å². The number of halogens is 2. The van der Waals surface area contributed by atoms with Gasteiger partial charge in [0.05, 0.1) is 10.7 Å². The molecule has 0 fully saturated rings. The van der Waals surface area contributed by atoms with Crippen LogP contribution in [0, 0.1) is 6.92 Å². The molecule has 0 aromatic heterocycles. The van der Waals surface area contributed by atoms with E-state index in [0.29, 0.717) is 21.8 Å². The maximum Gasteiger partial charge on any atom is 0.255 e. The van der Waals surface area contributed by atoms with Crippen LogP contribution in [0.5, 0.6) is 0 Å². The first-order valence-corrected chi connectivity index (χ1v) is 7.63. The first-order chi connectivity index (χ1) is 9.88. The molecule has 21 heavy (non-hydrogen) atoms. The van der Waals surface area contributed by atoms with Crippen LogP contribution >= 0.6 is 39.7 Å². The molecule has 3 nitrogen and oxygen atoms in total. The zero-order valence-electron chi connectivity index (χ0n) is 11.1. The van der Waals surface area contributed by atoms with Gasteiger partial charge in [-0.1, -0.05) is 51.9 Å². The summed E-state index contributed by atoms with van der Waals surface area (Å²) in [4.78, 5) is 12.5. The average Bonchev–Trinajstić information content (AvgIpc) is 2.43. The Morgan fingerprint density at radius 1 is 1.24 bits per heavy atom. The molecule has 0 unspecified atom stereocenters. The molecule has 0 saturated heterocycles. The Labute approximate surface area is 141 Å². The number of hydrogen-bond donors (Lipinski definition) is 2. The van der Waals surface area contributed by atoms with E-state index in [4.69, 9.17) is 29.6 Å². The van der Waals surface area contributed by atoms with Crippen molar-refractivity contribution in [1.29, 1.82) is 0 Å². The van der Waals surface area contributed by atoms with E-state index >= 15 is 0 Å². The molecule has 2 aromatic carbocycles. The van der Waals surface area contributed by atoms with E-state index < -0.39 is 0 Å². The quantitative estimate of drug-likeness (QED) is 0.777. The molecule has 0 bridgehead atoms. The number of hydrogen-bond acceptors (Lipinski definition) is 2. The van der Waals surface area contributed by atoms with Gasteiger partial charge in [-0.2, -0.15) is 0 Å². The number of aryl methyl sites for hydroxylation is 1. The Balaban J connectivity index is 2.28. The van der Waals surface area contributed by atoms with Crippen LogP contribution < -0.4 is 11.1 Å². The Hall–Kier alpha value is -1.43. The lowest BCUT2D eigenvalue weighted by Gasteiger charge is -2.10. The van der Waals surface area contributed by atoms with E-state index in [-0.39, 0.29) is 10.9 Å². The van der Waals surface area contributed by atoms with Crippen LogP contribution in [0.25, 0.3) is 0 Å². The predicted octanol–water partition coefficient (Wildman–Crippen LogP) is 4.30. The number of rotatable bonds is 3. The number of amides is 1. The van der Waals surface area contributed by atoms with Gasteiger partial charge in [0.1, 0.15) is 4.99 Å². The molecule has 2 aromatic rings. The number of carbonyl (C=O) groups excluding carboxylic acids is 1. The first kappa shape index (κ1) is 15.9. The number of carbonyl (C=O) groups is 1. The van der Waals surface area contributed by atoms with E-state index in [1.165, 1.54) is 0 Å². The topological polar surface area (TPSA) is 55.1 Å². The highest BCUT2D eigenvalue weighted by Crippen LogP contribution is 2.24. The molecule has 2 rings (SSSR count). The van der Waals surface area contributed by atoms with Gasteiger partial charge in [0.15, 0.2) is 0 Å². The van der Waals surface area contributed by atoms with Gasteiger partial charge in [-0.25, -0.2) is 0 Å². The fourth-order valence-electron chi connectivity index (χ4n) is 1.70. The number of nitrogens with one attached hydrogen (secondary N) is 1. The summed E-state index contributed by atoms with van der Waals surface area (Å²) in [5, 5.41) is 3.19. The molecule has 0 spiro atoms. The maximum absolute atomic E-state index is 12.3. The second-order valence-electron chi connectivity index (χ2n) is 4.48. The van der Waals surface area contributed by atoms with Crippen LogP contribution in [0.4, 0.5) is 5.69 Å². The van der Waals surface area contributed by atoms with Crippen LogP contribution in [0.15, 0.2) is 40.9 Å². The van der Waals surface area contributed by atoms with E-state index in [2.05, 4.69) is 21.2 Å². The smallest absolute Gasteiger partial charge is 0.255 e. The van der Waals surface area contributed by atoms with Crippen molar-refractivity contribution in [2.45, 2.75) is 6.92 Å². The summed E-state index contributed by atoms with van der Waals surface area (Å²) in [6.45, 7) is 1.95. The molecule has 108 valence electrons. The van der Waals surface area contributed by atoms with Crippen molar-refractivity contribution in [2.24, 2.45) is 5.73 Å². The summed E-state index contributed by atoms with van der Waals surface area (Å²) in [5.41, 5.74) is 8.29. The molecule has 6 heteroatoms. The summed E-state index contributed by atoms with van der Waals surface area (Å²) in [5.74, 6) is -0.252. The van der Waals surface area contributed by atoms with Gasteiger partial charge in [0.25, 0.3) is 5.91 Å². The van der Waals surface area contributed by atoms with E-state index in [1.54, 1.807) is 30.3 Å². The SMILES string of the molecule is Cc1ccc(C(=O)Nc2cc(C(N)=S)ccc2Cl)cc1Br. The van der Waals surface area contributed by atoms with Gasteiger partial charge < -0.3 is 11.1 Å². The monoisotopic (exact) mass is 382 g/mol. The van der Waals surface area contributed by atoms with Crippen LogP contribution in [0.1, 0.15) is 21.5 Å². The second-order valence-corrected chi connectivity index (χ2v) is 6.18. The molecule has 0 aliphatic heterocycles. The lowest BCUT2D eigenvalue weighted by molar-refractivity contribution is 0.102. The molecule has 0 heterocycles. The Bertz CT molecular complexity index is 734. The fourth-order valence-corrected chi connectivity index (χ4v) is 2.37. The van der Waals surface area contributed by atoms with Crippen molar-refractivity contribution in [3.05, 3.63) is 62.6 Å². The number of anilines is 1. The highest BCUT2D eigenvalue weighted by Gasteiger charge is 2.11. The van der Waals surface area contributed by atoms with Crippen LogP contribution in [-0.2, 0) is 0 Å². The molecular weight excluding hydrogens is 372 g/mol. The van der Waals surface area contributed by atoms with Crippen molar-refractivity contribution in [3.63, 3.8) is 0 Å². The Morgan fingerprint density at radius 2 is 1.90 bits per heavy atom. The summed E-state index contributed by atoms with van der Waals surface area (Å²) in [6.07, 6.45) is 0. The van der Waals surface area contributed by atoms with Gasteiger partial charge in [0.2, 0.25) is 0 Å². The molecule has 0 aliphatic rings. The van der Waals surface area contributed by atoms with Crippen LogP contribution in [0.2, 0.25) is 5.02 Å². The first-order valence-electron chi connectivity index (χ1n) is 6.05. The van der Waals surface area contributed by atoms with E-state index in [1.807, 2.05) is 13.0 Å². The number of benzene rings is 2. The maximum atomic E-state index is 12.3. The van der Waals surface area contributed by atoms with Crippen molar-refractivity contribution in [1.82, 2.24) is 0 Å². The minimum atomic E-state index is -0.252. The molecule has 3 N–H and O–H groups in total. The average molecular weight is 384 g/mol. The summed E-state index contributed by atoms with van der Waals surface area (Å²) >= 11 is 14.4. The highest BCUT2D eigenvalue weighted by atomic mass is 79.9. The molecule has 0 radical (unpaired) electrons. The third-order valence-electron chi connectivity index (χ3n) is 2.93. The molecule has 0 saturated carbocycles. The van der Waals surface area contributed by atoms with E-state index in [0.717, 1.165) is 10.0 Å². The zero-order chi connectivity index (χ0) is 15.6. The molecular formula is C15H12BrClN2OS. The minimum Gasteiger partial charge on any atom is -0.389 e. The predicted molar refractivity (Wildman–Crippen MR) is 94.2 cm³/mol. The lowest BCUT2D eigenvalue weighted by Crippen LogP contribution is -2.14. The van der Waals surface area contributed by atoms with Crippen molar-refractivity contribution in [2.75, 3.05) is 5.32 Å². The molecule has 0 aliphatic carbocycles. The normalized spacial score (nSPS) is 10.2. The largest absolute Gasteiger partial charge is 0.389 e. The standard InChI is InChI=1S/C15H12BrClN2OS/c1-8-2-3-10(6-11(8)16)15(20)19-13-7-9(14(18)21)4-5-12(13)17/h2-7H,1H3,(H2,18,21)(H,19,20). The molecule has 0 atom stereocenters. The van der Waals surface area contributed by atoms with Crippen LogP contribution in [-0.4, -0.2) is 10.9 Å². The van der Waals surface area contributed by atoms with Gasteiger partial charge >= 0.3 is 0 Å². The zero-order valence-corrected chi connectivity index (χ0v) is 14.3. The number of thiocarbonyl (C=S) groups is 1. The summed E-state index contributed by atoms with van der Waals surface area (Å²) in [6, 6.07) is 10.4. The van der Waals surface area contributed by atoms with Crippen molar-refractivity contribution < 1.29 is 4.79 Å². The Morgan fingerprint density at radius 3 is 2.52 bits per heavy atom. The fraction of sp³-hybridized carbons (Fsp3) is 0.0667. The summed E-state index contributed by atoms with van der Waals surface area (Å²) in [7, 11) is 0. The molecule has 1 amide bonds. The number of nitrogens with two attached hydrogens (primary N) is 1. The van der Waals surface area contributed by atoms with Gasteiger partial charge in [-0.05, 0) is 36.8 Å². The van der Waals surface area contributed by atoms with Gasteiger partial charge in [-0.3, -0.25) is 4.79 Å². The van der Waals surface area contributed by atoms with Crippen LogP contribution in [0.3, 0.4) is 0 Å².